The van der Waals surface area contributed by atoms with Crippen LogP contribution in [0.3, 0.4) is 0 Å². The van der Waals surface area contributed by atoms with Gasteiger partial charge >= 0.3 is 0 Å². The minimum atomic E-state index is -3.58. The Balaban J connectivity index is 2.51. The van der Waals surface area contributed by atoms with Crippen molar-refractivity contribution in [1.29, 1.82) is 0 Å². The highest BCUT2D eigenvalue weighted by Crippen LogP contribution is 2.36. The molecule has 0 atom stereocenters. The molecule has 1 aromatic carbocycles. The Morgan fingerprint density at radius 1 is 1.37 bits per heavy atom. The molecule has 0 aliphatic heterocycles. The van der Waals surface area contributed by atoms with E-state index in [0.29, 0.717) is 17.1 Å². The third-order valence-corrected chi connectivity index (χ3v) is 6.17. The van der Waals surface area contributed by atoms with E-state index in [4.69, 9.17) is 28.9 Å². The molecule has 2 rings (SSSR count). The van der Waals surface area contributed by atoms with Crippen LogP contribution in [0.5, 0.6) is 0 Å². The maximum absolute atomic E-state index is 12.6. The van der Waals surface area contributed by atoms with Crippen molar-refractivity contribution in [2.75, 3.05) is 6.54 Å². The summed E-state index contributed by atoms with van der Waals surface area (Å²) in [5, 5.41) is 0.523. The van der Waals surface area contributed by atoms with Crippen LogP contribution in [0.4, 0.5) is 0 Å². The molecule has 0 spiro atoms. The molecule has 1 saturated carbocycles. The molecule has 106 valence electrons. The third-order valence-electron chi connectivity index (χ3n) is 3.21. The summed E-state index contributed by atoms with van der Waals surface area (Å²) in [6.45, 7) is 2.37. The van der Waals surface area contributed by atoms with Crippen molar-refractivity contribution in [3.8, 4) is 0 Å². The monoisotopic (exact) mass is 322 g/mol. The number of hydrogen-bond acceptors (Lipinski definition) is 3. The molecule has 7 heteroatoms. The average Bonchev–Trinajstić information content (AvgIpc) is 3.14. The van der Waals surface area contributed by atoms with Crippen LogP contribution in [0.15, 0.2) is 17.0 Å². The van der Waals surface area contributed by atoms with E-state index >= 15 is 0 Å². The second-order valence-electron chi connectivity index (χ2n) is 4.48. The standard InChI is InChI=1S/C12H16Cl2N2O2S/c1-2-16(8-3-4-8)19(17,18)11-6-5-10(13)9(7-15)12(11)14/h5-6,8H,2-4,7,15H2,1H3. The number of nitrogens with zero attached hydrogens (tertiary/aromatic N) is 1. The number of benzene rings is 1. The predicted molar refractivity (Wildman–Crippen MR) is 76.9 cm³/mol. The Morgan fingerprint density at radius 2 is 2.00 bits per heavy atom. The molecule has 4 nitrogen and oxygen atoms in total. The van der Waals surface area contributed by atoms with E-state index in [0.717, 1.165) is 12.8 Å². The summed E-state index contributed by atoms with van der Waals surface area (Å²) < 4.78 is 26.7. The summed E-state index contributed by atoms with van der Waals surface area (Å²) >= 11 is 12.1. The second-order valence-corrected chi connectivity index (χ2v) is 7.13. The molecule has 0 unspecified atom stereocenters. The zero-order valence-corrected chi connectivity index (χ0v) is 12.9. The molecule has 0 aromatic heterocycles. The molecule has 0 bridgehead atoms. The molecular weight excluding hydrogens is 307 g/mol. The first-order valence-electron chi connectivity index (χ1n) is 6.12. The number of rotatable bonds is 5. The minimum absolute atomic E-state index is 0.0905. The van der Waals surface area contributed by atoms with Crippen LogP contribution in [-0.2, 0) is 16.6 Å². The lowest BCUT2D eigenvalue weighted by Gasteiger charge is -2.21. The number of nitrogens with two attached hydrogens (primary N) is 1. The van der Waals surface area contributed by atoms with Gasteiger partial charge in [0, 0.05) is 29.7 Å². The van der Waals surface area contributed by atoms with E-state index in [9.17, 15) is 8.42 Å². The van der Waals surface area contributed by atoms with Crippen molar-refractivity contribution in [2.45, 2.75) is 37.2 Å². The van der Waals surface area contributed by atoms with Crippen LogP contribution in [0, 0.1) is 0 Å². The smallest absolute Gasteiger partial charge is 0.244 e. The van der Waals surface area contributed by atoms with Gasteiger partial charge in [-0.05, 0) is 25.0 Å². The molecule has 2 N–H and O–H groups in total. The molecule has 0 heterocycles. The lowest BCUT2D eigenvalue weighted by Crippen LogP contribution is -2.33. The first kappa shape index (κ1) is 15.1. The van der Waals surface area contributed by atoms with Crippen molar-refractivity contribution in [3.05, 3.63) is 27.7 Å². The maximum Gasteiger partial charge on any atom is 0.244 e. The molecule has 1 aromatic rings. The Bertz CT molecular complexity index is 586. The zero-order chi connectivity index (χ0) is 14.2. The Hall–Kier alpha value is -0.330. The van der Waals surface area contributed by atoms with Crippen molar-refractivity contribution < 1.29 is 8.42 Å². The van der Waals surface area contributed by atoms with Crippen molar-refractivity contribution in [3.63, 3.8) is 0 Å². The molecule has 0 amide bonds. The maximum atomic E-state index is 12.6. The van der Waals surface area contributed by atoms with E-state index in [1.165, 1.54) is 16.4 Å². The highest BCUT2D eigenvalue weighted by Gasteiger charge is 2.38. The summed E-state index contributed by atoms with van der Waals surface area (Å²) in [7, 11) is -3.58. The Labute approximate surface area is 123 Å². The van der Waals surface area contributed by atoms with Crippen molar-refractivity contribution >= 4 is 33.2 Å². The Morgan fingerprint density at radius 3 is 2.47 bits per heavy atom. The van der Waals surface area contributed by atoms with E-state index in [2.05, 4.69) is 0 Å². The van der Waals surface area contributed by atoms with E-state index in [-0.39, 0.29) is 22.5 Å². The first-order chi connectivity index (χ1) is 8.93. The summed E-state index contributed by atoms with van der Waals surface area (Å²) in [5.74, 6) is 0. The molecule has 1 aliphatic rings. The highest BCUT2D eigenvalue weighted by molar-refractivity contribution is 7.89. The van der Waals surface area contributed by atoms with Gasteiger partial charge in [-0.1, -0.05) is 30.1 Å². The zero-order valence-electron chi connectivity index (χ0n) is 10.6. The van der Waals surface area contributed by atoms with Crippen molar-refractivity contribution in [1.82, 2.24) is 4.31 Å². The molecule has 0 radical (unpaired) electrons. The normalized spacial score (nSPS) is 16.1. The van der Waals surface area contributed by atoms with Crippen LogP contribution >= 0.6 is 23.2 Å². The fourth-order valence-corrected chi connectivity index (χ4v) is 4.68. The third kappa shape index (κ3) is 2.76. The van der Waals surface area contributed by atoms with Crippen molar-refractivity contribution in [2.24, 2.45) is 5.73 Å². The van der Waals surface area contributed by atoms with Gasteiger partial charge in [-0.25, -0.2) is 8.42 Å². The average molecular weight is 323 g/mol. The fraction of sp³-hybridized carbons (Fsp3) is 0.500. The molecule has 0 saturated heterocycles. The topological polar surface area (TPSA) is 63.4 Å². The summed E-state index contributed by atoms with van der Waals surface area (Å²) in [6, 6.07) is 3.08. The van der Waals surface area contributed by atoms with Gasteiger partial charge in [-0.3, -0.25) is 0 Å². The molecular formula is C12H16Cl2N2O2S. The first-order valence-corrected chi connectivity index (χ1v) is 8.31. The Kier molecular flexibility index (Phi) is 4.42. The molecule has 1 aliphatic carbocycles. The summed E-state index contributed by atoms with van der Waals surface area (Å²) in [4.78, 5) is 0.0905. The van der Waals surface area contributed by atoms with Crippen LogP contribution in [0.1, 0.15) is 25.3 Å². The largest absolute Gasteiger partial charge is 0.326 e. The summed E-state index contributed by atoms with van der Waals surface area (Å²) in [5.41, 5.74) is 6.04. The molecule has 19 heavy (non-hydrogen) atoms. The minimum Gasteiger partial charge on any atom is -0.326 e. The van der Waals surface area contributed by atoms with E-state index < -0.39 is 10.0 Å². The lowest BCUT2D eigenvalue weighted by atomic mass is 10.2. The van der Waals surface area contributed by atoms with E-state index in [1.807, 2.05) is 6.92 Å². The van der Waals surface area contributed by atoms with Gasteiger partial charge in [0.2, 0.25) is 10.0 Å². The van der Waals surface area contributed by atoms with Gasteiger partial charge in [0.15, 0.2) is 0 Å². The van der Waals surface area contributed by atoms with Crippen LogP contribution in [-0.4, -0.2) is 25.3 Å². The van der Waals surface area contributed by atoms with Gasteiger partial charge < -0.3 is 5.73 Å². The molecule has 1 fully saturated rings. The van der Waals surface area contributed by atoms with Crippen LogP contribution in [0.2, 0.25) is 10.0 Å². The van der Waals surface area contributed by atoms with Gasteiger partial charge in [0.05, 0.1) is 5.02 Å². The van der Waals surface area contributed by atoms with Gasteiger partial charge in [-0.2, -0.15) is 4.31 Å². The van der Waals surface area contributed by atoms with Gasteiger partial charge in [0.1, 0.15) is 4.90 Å². The second kappa shape index (κ2) is 5.58. The van der Waals surface area contributed by atoms with Crippen LogP contribution < -0.4 is 5.73 Å². The van der Waals surface area contributed by atoms with E-state index in [1.54, 1.807) is 0 Å². The van der Waals surface area contributed by atoms with Gasteiger partial charge in [-0.15, -0.1) is 0 Å². The number of halogens is 2. The van der Waals surface area contributed by atoms with Crippen LogP contribution in [0.25, 0.3) is 0 Å². The van der Waals surface area contributed by atoms with Gasteiger partial charge in [0.25, 0.3) is 0 Å². The fourth-order valence-electron chi connectivity index (χ4n) is 2.08. The lowest BCUT2D eigenvalue weighted by molar-refractivity contribution is 0.421. The summed E-state index contributed by atoms with van der Waals surface area (Å²) in [6.07, 6.45) is 1.81. The highest BCUT2D eigenvalue weighted by atomic mass is 35.5. The number of sulfonamides is 1. The quantitative estimate of drug-likeness (QED) is 0.906. The SMILES string of the molecule is CCN(C1CC1)S(=O)(=O)c1ccc(Cl)c(CN)c1Cl. The number of hydrogen-bond donors (Lipinski definition) is 1. The predicted octanol–water partition coefficient (Wildman–Crippen LogP) is 2.63.